The molecule has 0 aromatic heterocycles. The van der Waals surface area contributed by atoms with Crippen molar-refractivity contribution in [1.29, 1.82) is 0 Å². The van der Waals surface area contributed by atoms with Crippen LogP contribution in [0.15, 0.2) is 47.4 Å². The SMILES string of the molecule is COc1ccc(CCCCCSc2ccc(CNCCCP(=O)(O)O)cc2OC(F)(F)F)cc1. The Kier molecular flexibility index (Phi) is 11.7. The Morgan fingerprint density at radius 1 is 1.00 bits per heavy atom. The molecule has 11 heteroatoms. The van der Waals surface area contributed by atoms with Gasteiger partial charge in [-0.05, 0) is 73.4 Å². The van der Waals surface area contributed by atoms with E-state index in [2.05, 4.69) is 10.1 Å². The number of hydrogen-bond acceptors (Lipinski definition) is 5. The van der Waals surface area contributed by atoms with Crippen molar-refractivity contribution in [2.24, 2.45) is 0 Å². The van der Waals surface area contributed by atoms with E-state index in [0.717, 1.165) is 31.4 Å². The minimum Gasteiger partial charge on any atom is -0.497 e. The van der Waals surface area contributed by atoms with Gasteiger partial charge >= 0.3 is 14.0 Å². The standard InChI is InChI=1S/C23H31F3NO5PS/c1-31-20-10-7-18(8-11-20)6-3-2-4-15-34-22-12-9-19(16-21(22)32-23(24,25)26)17-27-13-5-14-33(28,29)30/h7-12,16,27H,2-6,13-15,17H2,1H3,(H2,28,29,30). The summed E-state index contributed by atoms with van der Waals surface area (Å²) in [5.74, 6) is 1.26. The predicted molar refractivity (Wildman–Crippen MR) is 128 cm³/mol. The lowest BCUT2D eigenvalue weighted by Crippen LogP contribution is -2.19. The van der Waals surface area contributed by atoms with E-state index >= 15 is 0 Å². The topological polar surface area (TPSA) is 88.0 Å². The van der Waals surface area contributed by atoms with Crippen LogP contribution in [0.5, 0.6) is 11.5 Å². The van der Waals surface area contributed by atoms with Gasteiger partial charge in [-0.1, -0.05) is 24.6 Å². The van der Waals surface area contributed by atoms with Gasteiger partial charge in [0.2, 0.25) is 0 Å². The highest BCUT2D eigenvalue weighted by Crippen LogP contribution is 2.35. The minimum absolute atomic E-state index is 0.231. The van der Waals surface area contributed by atoms with Crippen LogP contribution in [0.3, 0.4) is 0 Å². The predicted octanol–water partition coefficient (Wildman–Crippen LogP) is 5.76. The molecular formula is C23H31F3NO5PS. The molecular weight excluding hydrogens is 490 g/mol. The molecule has 0 saturated heterocycles. The highest BCUT2D eigenvalue weighted by Gasteiger charge is 2.32. The zero-order chi connectivity index (χ0) is 25.0. The fraction of sp³-hybridized carbons (Fsp3) is 0.478. The number of thioether (sulfide) groups is 1. The lowest BCUT2D eigenvalue weighted by Gasteiger charge is -2.15. The van der Waals surface area contributed by atoms with Crippen molar-refractivity contribution in [2.45, 2.75) is 49.9 Å². The Balaban J connectivity index is 1.79. The number of alkyl halides is 3. The summed E-state index contributed by atoms with van der Waals surface area (Å²) in [6.07, 6.45) is -0.998. The second-order valence-corrected chi connectivity index (χ2v) is 10.7. The van der Waals surface area contributed by atoms with Crippen molar-refractivity contribution in [3.8, 4) is 11.5 Å². The Morgan fingerprint density at radius 2 is 1.71 bits per heavy atom. The van der Waals surface area contributed by atoms with Crippen molar-refractivity contribution in [1.82, 2.24) is 5.32 Å². The quantitative estimate of drug-likeness (QED) is 0.156. The van der Waals surface area contributed by atoms with Gasteiger partial charge in [-0.15, -0.1) is 24.9 Å². The van der Waals surface area contributed by atoms with E-state index < -0.39 is 14.0 Å². The van der Waals surface area contributed by atoms with Gasteiger partial charge in [-0.2, -0.15) is 0 Å². The van der Waals surface area contributed by atoms with E-state index in [1.807, 2.05) is 24.3 Å². The number of benzene rings is 2. The molecule has 34 heavy (non-hydrogen) atoms. The van der Waals surface area contributed by atoms with Crippen LogP contribution in [0.25, 0.3) is 0 Å². The van der Waals surface area contributed by atoms with Gasteiger partial charge in [-0.3, -0.25) is 4.57 Å². The Labute approximate surface area is 202 Å². The van der Waals surface area contributed by atoms with Gasteiger partial charge in [0.15, 0.2) is 0 Å². The fourth-order valence-electron chi connectivity index (χ4n) is 3.21. The van der Waals surface area contributed by atoms with Crippen LogP contribution < -0.4 is 14.8 Å². The molecule has 0 aliphatic carbocycles. The zero-order valence-corrected chi connectivity index (χ0v) is 20.7. The van der Waals surface area contributed by atoms with Crippen LogP contribution in [-0.4, -0.2) is 41.7 Å². The molecule has 0 amide bonds. The molecule has 0 unspecified atom stereocenters. The third kappa shape index (κ3) is 12.1. The molecule has 0 spiro atoms. The van der Waals surface area contributed by atoms with Gasteiger partial charge in [0.05, 0.1) is 13.3 Å². The maximum absolute atomic E-state index is 12.9. The summed E-state index contributed by atoms with van der Waals surface area (Å²) in [4.78, 5) is 18.1. The van der Waals surface area contributed by atoms with Crippen LogP contribution in [0.1, 0.15) is 36.8 Å². The molecule has 0 aliphatic rings. The van der Waals surface area contributed by atoms with Crippen LogP contribution in [-0.2, 0) is 17.5 Å². The summed E-state index contributed by atoms with van der Waals surface area (Å²) >= 11 is 1.33. The summed E-state index contributed by atoms with van der Waals surface area (Å²) < 4.78 is 58.9. The molecule has 3 N–H and O–H groups in total. The summed E-state index contributed by atoms with van der Waals surface area (Å²) in [5, 5.41) is 2.98. The molecule has 0 fully saturated rings. The normalized spacial score (nSPS) is 12.1. The highest BCUT2D eigenvalue weighted by atomic mass is 32.2. The first-order valence-corrected chi connectivity index (χ1v) is 13.7. The average Bonchev–Trinajstić information content (AvgIpc) is 2.75. The molecule has 0 bridgehead atoms. The van der Waals surface area contributed by atoms with Crippen molar-refractivity contribution in [3.05, 3.63) is 53.6 Å². The van der Waals surface area contributed by atoms with E-state index in [0.29, 0.717) is 22.8 Å². The number of methoxy groups -OCH3 is 1. The van der Waals surface area contributed by atoms with Crippen molar-refractivity contribution < 1.29 is 37.0 Å². The Hall–Kier alpha value is -1.71. The molecule has 6 nitrogen and oxygen atoms in total. The number of nitrogens with one attached hydrogen (secondary N) is 1. The van der Waals surface area contributed by atoms with Gasteiger partial charge in [0, 0.05) is 11.4 Å². The van der Waals surface area contributed by atoms with Crippen LogP contribution in [0.4, 0.5) is 13.2 Å². The van der Waals surface area contributed by atoms with Gasteiger partial charge < -0.3 is 24.6 Å². The molecule has 0 aliphatic heterocycles. The number of ether oxygens (including phenoxy) is 2. The Morgan fingerprint density at radius 3 is 2.35 bits per heavy atom. The van der Waals surface area contributed by atoms with Gasteiger partial charge in [0.1, 0.15) is 11.5 Å². The third-order valence-electron chi connectivity index (χ3n) is 4.89. The van der Waals surface area contributed by atoms with Gasteiger partial charge in [-0.25, -0.2) is 0 Å². The molecule has 0 saturated carbocycles. The lowest BCUT2D eigenvalue weighted by molar-refractivity contribution is -0.275. The van der Waals surface area contributed by atoms with Crippen molar-refractivity contribution in [2.75, 3.05) is 25.6 Å². The zero-order valence-electron chi connectivity index (χ0n) is 19.0. The molecule has 190 valence electrons. The first-order chi connectivity index (χ1) is 16.1. The second-order valence-electron chi connectivity index (χ2n) is 7.75. The molecule has 0 heterocycles. The van der Waals surface area contributed by atoms with E-state index in [-0.39, 0.29) is 24.9 Å². The maximum Gasteiger partial charge on any atom is 0.573 e. The highest BCUT2D eigenvalue weighted by molar-refractivity contribution is 7.99. The van der Waals surface area contributed by atoms with Crippen LogP contribution >= 0.6 is 19.4 Å². The molecule has 0 atom stereocenters. The number of unbranched alkanes of at least 4 members (excludes halogenated alkanes) is 2. The monoisotopic (exact) mass is 521 g/mol. The first kappa shape index (κ1) is 28.5. The minimum atomic E-state index is -4.79. The van der Waals surface area contributed by atoms with Gasteiger partial charge in [0.25, 0.3) is 0 Å². The average molecular weight is 522 g/mol. The number of aryl methyl sites for hydroxylation is 1. The smallest absolute Gasteiger partial charge is 0.497 e. The first-order valence-electron chi connectivity index (χ1n) is 11.0. The molecule has 2 aromatic rings. The van der Waals surface area contributed by atoms with E-state index in [4.69, 9.17) is 14.5 Å². The maximum atomic E-state index is 12.9. The van der Waals surface area contributed by atoms with E-state index in [1.54, 1.807) is 19.2 Å². The summed E-state index contributed by atoms with van der Waals surface area (Å²) in [6, 6.07) is 12.6. The molecule has 2 rings (SSSR count). The van der Waals surface area contributed by atoms with Crippen molar-refractivity contribution in [3.63, 3.8) is 0 Å². The Bertz CT molecular complexity index is 922. The number of halogens is 3. The third-order valence-corrected chi connectivity index (χ3v) is 6.93. The summed E-state index contributed by atoms with van der Waals surface area (Å²) in [5.41, 5.74) is 1.82. The molecule has 2 aromatic carbocycles. The summed E-state index contributed by atoms with van der Waals surface area (Å²) in [6.45, 7) is 0.610. The van der Waals surface area contributed by atoms with E-state index in [9.17, 15) is 17.7 Å². The second kappa shape index (κ2) is 14.0. The van der Waals surface area contributed by atoms with Crippen molar-refractivity contribution >= 4 is 19.4 Å². The number of hydrogen-bond donors (Lipinski definition) is 3. The van der Waals surface area contributed by atoms with Crippen LogP contribution in [0.2, 0.25) is 0 Å². The molecule has 0 radical (unpaired) electrons. The fourth-order valence-corrected chi connectivity index (χ4v) is 4.76. The largest absolute Gasteiger partial charge is 0.573 e. The number of rotatable bonds is 15. The van der Waals surface area contributed by atoms with E-state index in [1.165, 1.54) is 23.4 Å². The van der Waals surface area contributed by atoms with Crippen LogP contribution in [0, 0.1) is 0 Å². The summed E-state index contributed by atoms with van der Waals surface area (Å²) in [7, 11) is -2.42. The lowest BCUT2D eigenvalue weighted by atomic mass is 10.1.